The largest absolute Gasteiger partial charge is 0.369 e. The molecule has 3 rings (SSSR count). The fourth-order valence-electron chi connectivity index (χ4n) is 1.65. The lowest BCUT2D eigenvalue weighted by Gasteiger charge is -2.02. The van der Waals surface area contributed by atoms with E-state index in [0.29, 0.717) is 36.1 Å². The van der Waals surface area contributed by atoms with Crippen molar-refractivity contribution in [1.82, 2.24) is 29.7 Å². The zero-order chi connectivity index (χ0) is 13.2. The molecule has 0 unspecified atom stereocenters. The minimum absolute atomic E-state index is 0.310. The molecule has 0 aliphatic heterocycles. The van der Waals surface area contributed by atoms with Gasteiger partial charge in [-0.2, -0.15) is 10.1 Å². The topological polar surface area (TPSA) is 114 Å². The Hall–Kier alpha value is -2.71. The van der Waals surface area contributed by atoms with Crippen LogP contribution in [0.25, 0.3) is 5.65 Å². The Morgan fingerprint density at radius 3 is 3.21 bits per heavy atom. The maximum Gasteiger partial charge on any atom is 0.348 e. The summed E-state index contributed by atoms with van der Waals surface area (Å²) in [6, 6.07) is 1.68. The van der Waals surface area contributed by atoms with Crippen LogP contribution >= 0.6 is 0 Å². The molecule has 98 valence electrons. The van der Waals surface area contributed by atoms with Crippen LogP contribution in [0.3, 0.4) is 0 Å². The summed E-state index contributed by atoms with van der Waals surface area (Å²) in [4.78, 5) is 19.4. The van der Waals surface area contributed by atoms with E-state index in [1.54, 1.807) is 13.0 Å². The second kappa shape index (κ2) is 4.52. The zero-order valence-corrected chi connectivity index (χ0v) is 10.1. The maximum absolute atomic E-state index is 11.2. The second-order valence-corrected chi connectivity index (χ2v) is 3.94. The van der Waals surface area contributed by atoms with Crippen molar-refractivity contribution in [1.29, 1.82) is 0 Å². The molecule has 0 spiro atoms. The van der Waals surface area contributed by atoms with Crippen molar-refractivity contribution in [2.45, 2.75) is 13.3 Å². The molecule has 9 heteroatoms. The molecule has 0 radical (unpaired) electrons. The van der Waals surface area contributed by atoms with Crippen molar-refractivity contribution in [3.63, 3.8) is 0 Å². The Morgan fingerprint density at radius 1 is 1.53 bits per heavy atom. The average molecular weight is 261 g/mol. The molecule has 0 bridgehead atoms. The number of anilines is 1. The minimum Gasteiger partial charge on any atom is -0.369 e. The van der Waals surface area contributed by atoms with Crippen molar-refractivity contribution in [2.24, 2.45) is 0 Å². The number of nitrogens with one attached hydrogen (secondary N) is 2. The fourth-order valence-corrected chi connectivity index (χ4v) is 1.65. The fraction of sp³-hybridized carbons (Fsp3) is 0.300. The van der Waals surface area contributed by atoms with Crippen LogP contribution in [0.2, 0.25) is 0 Å². The summed E-state index contributed by atoms with van der Waals surface area (Å²) < 4.78 is 6.32. The van der Waals surface area contributed by atoms with E-state index in [4.69, 9.17) is 4.52 Å². The first-order valence-electron chi connectivity index (χ1n) is 5.68. The van der Waals surface area contributed by atoms with E-state index in [-0.39, 0.29) is 5.69 Å². The first-order valence-corrected chi connectivity index (χ1v) is 5.68. The van der Waals surface area contributed by atoms with Gasteiger partial charge in [-0.25, -0.2) is 19.3 Å². The van der Waals surface area contributed by atoms with Gasteiger partial charge in [-0.15, -0.1) is 0 Å². The van der Waals surface area contributed by atoms with Crippen molar-refractivity contribution in [2.75, 3.05) is 11.9 Å². The Labute approximate surface area is 106 Å². The van der Waals surface area contributed by atoms with Crippen molar-refractivity contribution in [3.05, 3.63) is 34.6 Å². The highest BCUT2D eigenvalue weighted by molar-refractivity contribution is 5.48. The molecule has 0 aliphatic carbocycles. The number of rotatable bonds is 4. The van der Waals surface area contributed by atoms with E-state index in [9.17, 15) is 4.79 Å². The summed E-state index contributed by atoms with van der Waals surface area (Å²) in [5.41, 5.74) is 0.200. The molecule has 0 atom stereocenters. The molecule has 0 aromatic carbocycles. The Morgan fingerprint density at radius 2 is 2.42 bits per heavy atom. The Balaban J connectivity index is 1.66. The Kier molecular flexibility index (Phi) is 2.71. The van der Waals surface area contributed by atoms with Crippen LogP contribution in [0.4, 0.5) is 5.82 Å². The molecule has 9 nitrogen and oxygen atoms in total. The van der Waals surface area contributed by atoms with E-state index >= 15 is 0 Å². The van der Waals surface area contributed by atoms with Crippen LogP contribution < -0.4 is 11.0 Å². The van der Waals surface area contributed by atoms with Crippen LogP contribution in [-0.2, 0) is 6.42 Å². The second-order valence-electron chi connectivity index (χ2n) is 3.94. The number of aromatic amines is 1. The first kappa shape index (κ1) is 11.4. The van der Waals surface area contributed by atoms with Crippen LogP contribution in [0.1, 0.15) is 11.7 Å². The lowest BCUT2D eigenvalue weighted by Crippen LogP contribution is -2.11. The van der Waals surface area contributed by atoms with Gasteiger partial charge in [0.2, 0.25) is 5.89 Å². The average Bonchev–Trinajstić information content (AvgIpc) is 2.97. The lowest BCUT2D eigenvalue weighted by atomic mass is 10.4. The summed E-state index contributed by atoms with van der Waals surface area (Å²) in [7, 11) is 0. The predicted octanol–water partition coefficient (Wildman–Crippen LogP) is -0.236. The predicted molar refractivity (Wildman–Crippen MR) is 64.8 cm³/mol. The highest BCUT2D eigenvalue weighted by Crippen LogP contribution is 2.04. The van der Waals surface area contributed by atoms with Crippen molar-refractivity contribution >= 4 is 11.5 Å². The number of hydrogen-bond donors (Lipinski definition) is 2. The number of hydrogen-bond acceptors (Lipinski definition) is 7. The van der Waals surface area contributed by atoms with E-state index in [2.05, 4.69) is 30.6 Å². The minimum atomic E-state index is -0.310. The summed E-state index contributed by atoms with van der Waals surface area (Å²) in [5.74, 6) is 1.82. The molecule has 3 aromatic rings. The van der Waals surface area contributed by atoms with Gasteiger partial charge in [0.25, 0.3) is 0 Å². The summed E-state index contributed by atoms with van der Waals surface area (Å²) in [6.45, 7) is 2.37. The van der Waals surface area contributed by atoms with Crippen molar-refractivity contribution < 1.29 is 4.52 Å². The molecule has 0 saturated heterocycles. The molecule has 3 aromatic heterocycles. The third-order valence-corrected chi connectivity index (χ3v) is 2.52. The van der Waals surface area contributed by atoms with Gasteiger partial charge < -0.3 is 9.84 Å². The van der Waals surface area contributed by atoms with Crippen LogP contribution in [0.15, 0.2) is 21.7 Å². The van der Waals surface area contributed by atoms with Crippen LogP contribution in [-0.4, -0.2) is 36.3 Å². The molecule has 0 saturated carbocycles. The molecule has 0 amide bonds. The van der Waals surface area contributed by atoms with E-state index < -0.39 is 0 Å². The molecular weight excluding hydrogens is 250 g/mol. The summed E-state index contributed by atoms with van der Waals surface area (Å²) in [5, 5.41) is 13.0. The highest BCUT2D eigenvalue weighted by atomic mass is 16.5. The maximum atomic E-state index is 11.2. The highest BCUT2D eigenvalue weighted by Gasteiger charge is 2.04. The molecule has 19 heavy (non-hydrogen) atoms. The van der Waals surface area contributed by atoms with E-state index in [0.717, 1.165) is 0 Å². The number of aryl methyl sites for hydroxylation is 1. The standard InChI is InChI=1S/C10H11N7O2/c1-6-13-9(19-16-6)2-3-11-7-4-8-14-15-10(18)17(8)5-12-7/h4-5,11H,2-3H2,1H3,(H,15,18). The molecule has 3 heterocycles. The normalized spacial score (nSPS) is 11.0. The third-order valence-electron chi connectivity index (χ3n) is 2.52. The van der Waals surface area contributed by atoms with Gasteiger partial charge in [-0.1, -0.05) is 5.16 Å². The number of nitrogens with zero attached hydrogens (tertiary/aromatic N) is 5. The summed E-state index contributed by atoms with van der Waals surface area (Å²) >= 11 is 0. The Bertz CT molecular complexity index is 756. The van der Waals surface area contributed by atoms with Gasteiger partial charge in [0.05, 0.1) is 0 Å². The molecule has 0 fully saturated rings. The zero-order valence-electron chi connectivity index (χ0n) is 10.1. The SMILES string of the molecule is Cc1noc(CCNc2cc3n[nH]c(=O)n3cn2)n1. The van der Waals surface area contributed by atoms with Gasteiger partial charge in [0.15, 0.2) is 11.5 Å². The van der Waals surface area contributed by atoms with Gasteiger partial charge in [-0.3, -0.25) is 0 Å². The summed E-state index contributed by atoms with van der Waals surface area (Å²) in [6.07, 6.45) is 2.02. The van der Waals surface area contributed by atoms with Gasteiger partial charge >= 0.3 is 5.69 Å². The quantitative estimate of drug-likeness (QED) is 0.666. The smallest absolute Gasteiger partial charge is 0.348 e. The molecular formula is C10H11N7O2. The lowest BCUT2D eigenvalue weighted by molar-refractivity contribution is 0.377. The van der Waals surface area contributed by atoms with Gasteiger partial charge in [0.1, 0.15) is 12.1 Å². The number of aromatic nitrogens is 6. The third kappa shape index (κ3) is 2.30. The van der Waals surface area contributed by atoms with Gasteiger partial charge in [-0.05, 0) is 6.92 Å². The molecule has 0 aliphatic rings. The number of fused-ring (bicyclic) bond motifs is 1. The van der Waals surface area contributed by atoms with E-state index in [1.807, 2.05) is 0 Å². The van der Waals surface area contributed by atoms with Crippen LogP contribution in [0.5, 0.6) is 0 Å². The first-order chi connectivity index (χ1) is 9.22. The monoisotopic (exact) mass is 261 g/mol. The van der Waals surface area contributed by atoms with E-state index in [1.165, 1.54) is 10.7 Å². The molecule has 2 N–H and O–H groups in total. The van der Waals surface area contributed by atoms with Gasteiger partial charge in [0, 0.05) is 19.0 Å². The number of H-pyrrole nitrogens is 1. The van der Waals surface area contributed by atoms with Crippen LogP contribution in [0, 0.1) is 6.92 Å². The van der Waals surface area contributed by atoms with Crippen molar-refractivity contribution in [3.8, 4) is 0 Å².